The monoisotopic (exact) mass is 278 g/mol. The van der Waals surface area contributed by atoms with E-state index in [1.165, 1.54) is 0 Å². The first-order valence-corrected chi connectivity index (χ1v) is 6.19. The second kappa shape index (κ2) is 4.73. The van der Waals surface area contributed by atoms with Crippen molar-refractivity contribution in [1.29, 1.82) is 0 Å². The van der Waals surface area contributed by atoms with E-state index in [4.69, 9.17) is 14.2 Å². The van der Waals surface area contributed by atoms with E-state index in [9.17, 15) is 26.4 Å². The van der Waals surface area contributed by atoms with Crippen molar-refractivity contribution in [2.24, 2.45) is 0 Å². The van der Waals surface area contributed by atoms with Gasteiger partial charge in [-0.1, -0.05) is 0 Å². The number of hydrogen-bond donors (Lipinski definition) is 3. The molecule has 0 aliphatic carbocycles. The molecule has 0 radical (unpaired) electrons. The summed E-state index contributed by atoms with van der Waals surface area (Å²) in [6.45, 7) is 0. The number of carboxylic acid groups (broad SMARTS) is 1. The van der Waals surface area contributed by atoms with Crippen LogP contribution in [0, 0.1) is 0 Å². The molecule has 0 aliphatic rings. The zero-order valence-electron chi connectivity index (χ0n) is 7.30. The van der Waals surface area contributed by atoms with Gasteiger partial charge in [0.25, 0.3) is 10.1 Å². The van der Waals surface area contributed by atoms with Crippen LogP contribution in [0.4, 0.5) is 0 Å². The lowest BCUT2D eigenvalue weighted by molar-refractivity contribution is -0.142. The fraction of sp³-hybridized carbons (Fsp3) is 0.500. The van der Waals surface area contributed by atoms with Crippen molar-refractivity contribution in [2.75, 3.05) is 0 Å². The second-order valence-corrected chi connectivity index (χ2v) is 5.05. The summed E-state index contributed by atoms with van der Waals surface area (Å²) in [6.07, 6.45) is -1.41. The second-order valence-electron chi connectivity index (χ2n) is 2.43. The summed E-state index contributed by atoms with van der Waals surface area (Å²) >= 11 is 0. The number of rotatable bonds is 5. The minimum Gasteiger partial charge on any atom is -0.481 e. The highest BCUT2D eigenvalue weighted by molar-refractivity contribution is 7.87. The molecule has 0 rings (SSSR count). The van der Waals surface area contributed by atoms with Crippen molar-refractivity contribution in [1.82, 2.24) is 0 Å². The number of carboxylic acids is 1. The smallest absolute Gasteiger partial charge is 0.449 e. The first kappa shape index (κ1) is 14.8. The van der Waals surface area contributed by atoms with Gasteiger partial charge in [0.2, 0.25) is 0 Å². The molecule has 0 saturated carbocycles. The third-order valence-corrected chi connectivity index (χ3v) is 2.62. The lowest BCUT2D eigenvalue weighted by Crippen LogP contribution is -2.35. The molecule has 0 amide bonds. The Balaban J connectivity index is 5.08. The molecule has 16 heavy (non-hydrogen) atoms. The van der Waals surface area contributed by atoms with Crippen LogP contribution >= 0.6 is 0 Å². The Morgan fingerprint density at radius 3 is 1.81 bits per heavy atom. The molecular formula is C4H6O10S2. The van der Waals surface area contributed by atoms with Gasteiger partial charge in [-0.3, -0.25) is 13.9 Å². The average molecular weight is 278 g/mol. The molecular weight excluding hydrogens is 272 g/mol. The van der Waals surface area contributed by atoms with E-state index in [0.29, 0.717) is 0 Å². The van der Waals surface area contributed by atoms with Gasteiger partial charge < -0.3 is 9.29 Å². The van der Waals surface area contributed by atoms with E-state index in [1.807, 2.05) is 0 Å². The van der Waals surface area contributed by atoms with E-state index in [-0.39, 0.29) is 0 Å². The fourth-order valence-corrected chi connectivity index (χ4v) is 1.66. The Morgan fingerprint density at radius 1 is 1.12 bits per heavy atom. The third-order valence-electron chi connectivity index (χ3n) is 1.17. The molecule has 0 aliphatic heterocycles. The molecule has 0 bridgehead atoms. The third kappa shape index (κ3) is 5.59. The van der Waals surface area contributed by atoms with Gasteiger partial charge in [-0.15, -0.1) is 0 Å². The van der Waals surface area contributed by atoms with Crippen LogP contribution in [0.25, 0.3) is 0 Å². The Kier molecular flexibility index (Phi) is 4.36. The summed E-state index contributed by atoms with van der Waals surface area (Å²) in [5, 5.41) is 5.57. The van der Waals surface area contributed by atoms with Gasteiger partial charge in [0.15, 0.2) is 5.25 Å². The SMILES string of the molecule is O=C(O)CC(C(=O)OS(=O)(=O)O)S(=O)(=O)O. The number of carbonyl (C=O) groups excluding carboxylic acids is 1. The van der Waals surface area contributed by atoms with Gasteiger partial charge in [-0.05, 0) is 0 Å². The largest absolute Gasteiger partial charge is 0.481 e. The van der Waals surface area contributed by atoms with E-state index < -0.39 is 44.1 Å². The van der Waals surface area contributed by atoms with Crippen LogP contribution in [-0.4, -0.2) is 48.2 Å². The van der Waals surface area contributed by atoms with Gasteiger partial charge in [0, 0.05) is 0 Å². The predicted octanol–water partition coefficient (Wildman–Crippen LogP) is -1.94. The number of aliphatic carboxylic acids is 1. The molecule has 10 nitrogen and oxygen atoms in total. The van der Waals surface area contributed by atoms with E-state index in [0.717, 1.165) is 0 Å². The van der Waals surface area contributed by atoms with Crippen molar-refractivity contribution < 1.29 is 44.8 Å². The van der Waals surface area contributed by atoms with Crippen LogP contribution in [0.15, 0.2) is 0 Å². The number of carbonyl (C=O) groups is 2. The summed E-state index contributed by atoms with van der Waals surface area (Å²) in [7, 11) is -10.4. The quantitative estimate of drug-likeness (QED) is 0.480. The minimum atomic E-state index is -5.28. The topological polar surface area (TPSA) is 172 Å². The molecule has 0 spiro atoms. The summed E-state index contributed by atoms with van der Waals surface area (Å²) in [5.74, 6) is -3.91. The summed E-state index contributed by atoms with van der Waals surface area (Å²) < 4.78 is 60.8. The van der Waals surface area contributed by atoms with Gasteiger partial charge in [-0.25, -0.2) is 4.79 Å². The van der Waals surface area contributed by atoms with Gasteiger partial charge >= 0.3 is 22.3 Å². The highest BCUT2D eigenvalue weighted by Gasteiger charge is 2.37. The van der Waals surface area contributed by atoms with Crippen LogP contribution < -0.4 is 0 Å². The van der Waals surface area contributed by atoms with Crippen molar-refractivity contribution in [3.8, 4) is 0 Å². The lowest BCUT2D eigenvalue weighted by atomic mass is 10.3. The van der Waals surface area contributed by atoms with Crippen molar-refractivity contribution in [3.05, 3.63) is 0 Å². The molecule has 0 aromatic rings. The van der Waals surface area contributed by atoms with E-state index in [2.05, 4.69) is 4.18 Å². The molecule has 0 fully saturated rings. The lowest BCUT2D eigenvalue weighted by Gasteiger charge is -2.08. The molecule has 1 atom stereocenters. The molecule has 3 N–H and O–H groups in total. The normalized spacial score (nSPS) is 14.1. The maximum absolute atomic E-state index is 10.8. The van der Waals surface area contributed by atoms with Crippen LogP contribution in [0.3, 0.4) is 0 Å². The van der Waals surface area contributed by atoms with Crippen LogP contribution in [0.5, 0.6) is 0 Å². The molecule has 0 saturated heterocycles. The maximum atomic E-state index is 10.8. The highest BCUT2D eigenvalue weighted by atomic mass is 32.3. The zero-order valence-corrected chi connectivity index (χ0v) is 8.93. The van der Waals surface area contributed by atoms with Crippen LogP contribution in [0.1, 0.15) is 6.42 Å². The Bertz CT molecular complexity index is 483. The molecule has 0 heterocycles. The van der Waals surface area contributed by atoms with Crippen molar-refractivity contribution >= 4 is 32.5 Å². The molecule has 1 unspecified atom stereocenters. The molecule has 94 valence electrons. The molecule has 0 aromatic heterocycles. The summed E-state index contributed by atoms with van der Waals surface area (Å²) in [5.41, 5.74) is 0. The van der Waals surface area contributed by atoms with E-state index >= 15 is 0 Å². The Hall–Kier alpha value is -1.24. The molecule has 0 aromatic carbocycles. The van der Waals surface area contributed by atoms with Gasteiger partial charge in [0.1, 0.15) is 0 Å². The average Bonchev–Trinajstić information content (AvgIpc) is 1.93. The minimum absolute atomic E-state index is 1.41. The summed E-state index contributed by atoms with van der Waals surface area (Å²) in [6, 6.07) is 0. The van der Waals surface area contributed by atoms with Crippen LogP contribution in [0.2, 0.25) is 0 Å². The first-order valence-electron chi connectivity index (χ1n) is 3.32. The van der Waals surface area contributed by atoms with Gasteiger partial charge in [-0.2, -0.15) is 16.8 Å². The van der Waals surface area contributed by atoms with Crippen molar-refractivity contribution in [3.63, 3.8) is 0 Å². The summed E-state index contributed by atoms with van der Waals surface area (Å²) in [4.78, 5) is 20.9. The standard InChI is InChI=1S/C4H6O10S2/c5-3(6)1-2(15(8,9)10)4(7)14-16(11,12)13/h2H,1H2,(H,5,6)(H,8,9,10)(H,11,12,13). The Labute approximate surface area is 89.5 Å². The number of hydrogen-bond acceptors (Lipinski definition) is 7. The van der Waals surface area contributed by atoms with E-state index in [1.54, 1.807) is 0 Å². The van der Waals surface area contributed by atoms with Crippen molar-refractivity contribution in [2.45, 2.75) is 11.7 Å². The van der Waals surface area contributed by atoms with Gasteiger partial charge in [0.05, 0.1) is 6.42 Å². The highest BCUT2D eigenvalue weighted by Crippen LogP contribution is 2.08. The Morgan fingerprint density at radius 2 is 1.56 bits per heavy atom. The fourth-order valence-electron chi connectivity index (χ4n) is 0.626. The van der Waals surface area contributed by atoms with Crippen LogP contribution in [-0.2, 0) is 34.3 Å². The maximum Gasteiger partial charge on any atom is 0.449 e. The predicted molar refractivity (Wildman–Crippen MR) is 45.2 cm³/mol. The first-order chi connectivity index (χ1) is 6.93. The molecule has 12 heteroatoms. The zero-order chi connectivity index (χ0) is 13.1.